The van der Waals surface area contributed by atoms with Crippen LogP contribution >= 0.6 is 0 Å². The highest BCUT2D eigenvalue weighted by molar-refractivity contribution is 5.08. The molecule has 13 heavy (non-hydrogen) atoms. The fourth-order valence-corrected chi connectivity index (χ4v) is 2.87. The first-order valence-corrected chi connectivity index (χ1v) is 5.35. The van der Waals surface area contributed by atoms with E-state index in [2.05, 4.69) is 11.9 Å². The van der Waals surface area contributed by atoms with Gasteiger partial charge in [0.25, 0.3) is 0 Å². The minimum Gasteiger partial charge on any atom is -0.385 e. The van der Waals surface area contributed by atoms with Gasteiger partial charge in [0.05, 0.1) is 5.60 Å². The molecule has 0 aromatic heterocycles. The molecule has 74 valence electrons. The predicted octanol–water partition coefficient (Wildman–Crippen LogP) is 1.46. The van der Waals surface area contributed by atoms with Crippen LogP contribution in [0.3, 0.4) is 0 Å². The summed E-state index contributed by atoms with van der Waals surface area (Å²) in [7, 11) is 0. The molecule has 1 aliphatic carbocycles. The van der Waals surface area contributed by atoms with Crippen molar-refractivity contribution in [2.45, 2.75) is 43.7 Å². The van der Waals surface area contributed by atoms with E-state index in [0.29, 0.717) is 12.0 Å². The fourth-order valence-electron chi connectivity index (χ4n) is 2.87. The topological polar surface area (TPSA) is 32.3 Å². The molecule has 0 aromatic rings. The molecule has 2 aliphatic rings. The minimum absolute atomic E-state index is 0.410. The summed E-state index contributed by atoms with van der Waals surface area (Å²) in [5.74, 6) is 0.410. The smallest absolute Gasteiger partial charge is 0.0880 e. The highest BCUT2D eigenvalue weighted by atomic mass is 16.3. The molecule has 1 saturated carbocycles. The number of piperidine rings is 1. The average Bonchev–Trinajstić information content (AvgIpc) is 2.19. The third-order valence-corrected chi connectivity index (χ3v) is 3.69. The third-order valence-electron chi connectivity index (χ3n) is 3.69. The summed E-state index contributed by atoms with van der Waals surface area (Å²) in [6.07, 6.45) is 7.54. The second-order valence-electron chi connectivity index (χ2n) is 4.40. The van der Waals surface area contributed by atoms with Gasteiger partial charge in [0.2, 0.25) is 0 Å². The molecule has 0 aromatic carbocycles. The van der Waals surface area contributed by atoms with Crippen molar-refractivity contribution in [2.24, 2.45) is 5.92 Å². The number of hydrogen-bond donors (Lipinski definition) is 2. The molecular formula is C11H19NO. The van der Waals surface area contributed by atoms with Gasteiger partial charge in [0.1, 0.15) is 0 Å². The van der Waals surface area contributed by atoms with Gasteiger partial charge in [-0.05, 0) is 25.8 Å². The Labute approximate surface area is 80.0 Å². The summed E-state index contributed by atoms with van der Waals surface area (Å²) in [6.45, 7) is 4.70. The van der Waals surface area contributed by atoms with E-state index < -0.39 is 5.60 Å². The zero-order valence-corrected chi connectivity index (χ0v) is 8.13. The number of fused-ring (bicyclic) bond motifs is 1. The van der Waals surface area contributed by atoms with E-state index in [1.807, 2.05) is 0 Å². The SMILES string of the molecule is C=CC1(O)CCNC2CCCCC21. The standard InChI is InChI=1S/C11H19NO/c1-2-11(13)7-8-12-10-6-4-3-5-9(10)11/h2,9-10,12-13H,1,3-8H2. The van der Waals surface area contributed by atoms with E-state index in [0.717, 1.165) is 19.4 Å². The normalized spacial score (nSPS) is 45.3. The molecule has 2 heteroatoms. The monoisotopic (exact) mass is 181 g/mol. The van der Waals surface area contributed by atoms with Crippen LogP contribution in [0.25, 0.3) is 0 Å². The van der Waals surface area contributed by atoms with E-state index in [4.69, 9.17) is 0 Å². The van der Waals surface area contributed by atoms with E-state index in [9.17, 15) is 5.11 Å². The van der Waals surface area contributed by atoms with E-state index in [1.54, 1.807) is 6.08 Å². The maximum absolute atomic E-state index is 10.3. The van der Waals surface area contributed by atoms with Crippen molar-refractivity contribution in [1.29, 1.82) is 0 Å². The zero-order valence-electron chi connectivity index (χ0n) is 8.13. The molecule has 1 saturated heterocycles. The minimum atomic E-state index is -0.587. The van der Waals surface area contributed by atoms with Crippen LogP contribution in [-0.4, -0.2) is 23.3 Å². The molecule has 1 aliphatic heterocycles. The summed E-state index contributed by atoms with van der Waals surface area (Å²) in [5.41, 5.74) is -0.587. The van der Waals surface area contributed by atoms with Crippen LogP contribution in [-0.2, 0) is 0 Å². The first-order chi connectivity index (χ1) is 6.26. The van der Waals surface area contributed by atoms with Crippen LogP contribution in [0, 0.1) is 5.92 Å². The summed E-state index contributed by atoms with van der Waals surface area (Å²) in [4.78, 5) is 0. The third kappa shape index (κ3) is 1.53. The molecule has 2 N–H and O–H groups in total. The van der Waals surface area contributed by atoms with Crippen LogP contribution in [0.4, 0.5) is 0 Å². The van der Waals surface area contributed by atoms with Crippen LogP contribution in [0.15, 0.2) is 12.7 Å². The van der Waals surface area contributed by atoms with Gasteiger partial charge < -0.3 is 10.4 Å². The van der Waals surface area contributed by atoms with Crippen molar-refractivity contribution in [1.82, 2.24) is 5.32 Å². The molecule has 3 atom stereocenters. The molecule has 1 heterocycles. The maximum atomic E-state index is 10.3. The maximum Gasteiger partial charge on any atom is 0.0880 e. The molecule has 2 fully saturated rings. The highest BCUT2D eigenvalue weighted by Crippen LogP contribution is 2.38. The van der Waals surface area contributed by atoms with Gasteiger partial charge in [-0.3, -0.25) is 0 Å². The second-order valence-corrected chi connectivity index (χ2v) is 4.40. The molecule has 0 spiro atoms. The first-order valence-electron chi connectivity index (χ1n) is 5.35. The molecule has 2 rings (SSSR count). The van der Waals surface area contributed by atoms with Crippen LogP contribution in [0.1, 0.15) is 32.1 Å². The van der Waals surface area contributed by atoms with Gasteiger partial charge in [-0.25, -0.2) is 0 Å². The van der Waals surface area contributed by atoms with Gasteiger partial charge in [0, 0.05) is 12.0 Å². The van der Waals surface area contributed by atoms with E-state index in [-0.39, 0.29) is 0 Å². The first kappa shape index (κ1) is 9.22. The quantitative estimate of drug-likeness (QED) is 0.600. The lowest BCUT2D eigenvalue weighted by atomic mass is 9.70. The summed E-state index contributed by atoms with van der Waals surface area (Å²) in [5, 5.41) is 13.8. The lowest BCUT2D eigenvalue weighted by Gasteiger charge is -2.46. The van der Waals surface area contributed by atoms with Gasteiger partial charge >= 0.3 is 0 Å². The Morgan fingerprint density at radius 3 is 2.92 bits per heavy atom. The van der Waals surface area contributed by atoms with Crippen LogP contribution in [0.2, 0.25) is 0 Å². The Balaban J connectivity index is 2.15. The molecule has 0 bridgehead atoms. The Bertz CT molecular complexity index is 202. The zero-order chi connectivity index (χ0) is 9.31. The number of aliphatic hydroxyl groups is 1. The van der Waals surface area contributed by atoms with Gasteiger partial charge in [-0.1, -0.05) is 18.9 Å². The molecule has 3 unspecified atom stereocenters. The van der Waals surface area contributed by atoms with Crippen molar-refractivity contribution in [2.75, 3.05) is 6.54 Å². The van der Waals surface area contributed by atoms with Crippen molar-refractivity contribution in [3.8, 4) is 0 Å². The number of nitrogens with one attached hydrogen (secondary N) is 1. The van der Waals surface area contributed by atoms with Crippen molar-refractivity contribution in [3.63, 3.8) is 0 Å². The van der Waals surface area contributed by atoms with Crippen molar-refractivity contribution < 1.29 is 5.11 Å². The molecule has 0 amide bonds. The van der Waals surface area contributed by atoms with E-state index in [1.165, 1.54) is 19.3 Å². The predicted molar refractivity (Wildman–Crippen MR) is 53.5 cm³/mol. The molecular weight excluding hydrogens is 162 g/mol. The summed E-state index contributed by atoms with van der Waals surface area (Å²) in [6, 6.07) is 0.533. The Morgan fingerprint density at radius 2 is 2.15 bits per heavy atom. The number of hydrogen-bond acceptors (Lipinski definition) is 2. The summed E-state index contributed by atoms with van der Waals surface area (Å²) >= 11 is 0. The summed E-state index contributed by atoms with van der Waals surface area (Å²) < 4.78 is 0. The number of rotatable bonds is 1. The Kier molecular flexibility index (Phi) is 2.43. The van der Waals surface area contributed by atoms with Crippen LogP contribution < -0.4 is 5.32 Å². The van der Waals surface area contributed by atoms with Crippen molar-refractivity contribution >= 4 is 0 Å². The van der Waals surface area contributed by atoms with Gasteiger partial charge in [-0.15, -0.1) is 6.58 Å². The highest BCUT2D eigenvalue weighted by Gasteiger charge is 2.42. The lowest BCUT2D eigenvalue weighted by Crippen LogP contribution is -2.56. The van der Waals surface area contributed by atoms with Crippen molar-refractivity contribution in [3.05, 3.63) is 12.7 Å². The lowest BCUT2D eigenvalue weighted by molar-refractivity contribution is -0.0329. The second kappa shape index (κ2) is 3.43. The average molecular weight is 181 g/mol. The van der Waals surface area contributed by atoms with Crippen LogP contribution in [0.5, 0.6) is 0 Å². The Morgan fingerprint density at radius 1 is 1.38 bits per heavy atom. The molecule has 2 nitrogen and oxygen atoms in total. The molecule has 0 radical (unpaired) electrons. The van der Waals surface area contributed by atoms with E-state index >= 15 is 0 Å². The van der Waals surface area contributed by atoms with Gasteiger partial charge in [-0.2, -0.15) is 0 Å². The van der Waals surface area contributed by atoms with Gasteiger partial charge in [0.15, 0.2) is 0 Å². The fraction of sp³-hybridized carbons (Fsp3) is 0.818. The largest absolute Gasteiger partial charge is 0.385 e. The Hall–Kier alpha value is -0.340.